The molecule has 2 heterocycles. The monoisotopic (exact) mass is 1070 g/mol. The predicted molar refractivity (Wildman–Crippen MR) is 298 cm³/mol. The molecule has 0 aromatic heterocycles. The number of likely N-dealkylation sites (tertiary alicyclic amines) is 1. The first-order chi connectivity index (χ1) is 36.9. The number of carbonyl (C=O) groups excluding carboxylic acids is 7. The SMILES string of the molecule is CN[C@@H](C)C(=O)N[C@H](C(=O)N1Cc2ccccc2C[C@H]1C(=O)N(Cc1ccc(C(=O)N[C@H]2C[C@@H](C(=O)N[C@@H]3CCCc4ccccc43)N(C(=O)[C@@H](NC(=O)[C@@H](C)NC)C(C)(C)C)C2)cc1)[C@H](C)c1ccccc1F)C(C)(C)C. The minimum absolute atomic E-state index is 0.0140. The number of amides is 7. The molecular formula is C61H80FN9O7. The number of aryl methyl sites for hydroxylation is 1. The lowest BCUT2D eigenvalue weighted by Crippen LogP contribution is -2.62. The minimum atomic E-state index is -1.02. The second-order valence-corrected chi connectivity index (χ2v) is 23.5. The Morgan fingerprint density at radius 3 is 1.81 bits per heavy atom. The van der Waals surface area contributed by atoms with E-state index >= 15 is 9.18 Å². The molecule has 1 aliphatic carbocycles. The average Bonchev–Trinajstić information content (AvgIpc) is 3.91. The second kappa shape index (κ2) is 24.8. The maximum absolute atomic E-state index is 15.7. The third-order valence-corrected chi connectivity index (χ3v) is 15.9. The minimum Gasteiger partial charge on any atom is -0.347 e. The molecule has 17 heteroatoms. The highest BCUT2D eigenvalue weighted by atomic mass is 19.1. The van der Waals surface area contributed by atoms with Crippen molar-refractivity contribution in [3.05, 3.63) is 142 Å². The van der Waals surface area contributed by atoms with Crippen LogP contribution < -0.4 is 31.9 Å². The van der Waals surface area contributed by atoms with Crippen LogP contribution in [0.2, 0.25) is 0 Å². The van der Waals surface area contributed by atoms with Crippen LogP contribution in [0.25, 0.3) is 0 Å². The van der Waals surface area contributed by atoms with Gasteiger partial charge in [0.15, 0.2) is 0 Å². The number of likely N-dealkylation sites (N-methyl/N-ethyl adjacent to an activating group) is 2. The molecule has 1 saturated heterocycles. The van der Waals surface area contributed by atoms with Gasteiger partial charge in [0.2, 0.25) is 35.4 Å². The highest BCUT2D eigenvalue weighted by molar-refractivity contribution is 5.97. The van der Waals surface area contributed by atoms with Crippen molar-refractivity contribution < 1.29 is 38.0 Å². The summed E-state index contributed by atoms with van der Waals surface area (Å²) in [6.45, 7) is 16.4. The molecule has 0 saturated carbocycles. The summed E-state index contributed by atoms with van der Waals surface area (Å²) >= 11 is 0. The van der Waals surface area contributed by atoms with Gasteiger partial charge in [-0.2, -0.15) is 0 Å². The van der Waals surface area contributed by atoms with Gasteiger partial charge in [0.25, 0.3) is 5.91 Å². The van der Waals surface area contributed by atoms with Gasteiger partial charge in [0.1, 0.15) is 30.0 Å². The molecule has 0 radical (unpaired) electrons. The Kier molecular flexibility index (Phi) is 18.6. The van der Waals surface area contributed by atoms with Crippen LogP contribution in [-0.4, -0.2) is 119 Å². The van der Waals surface area contributed by atoms with E-state index in [0.29, 0.717) is 5.56 Å². The lowest BCUT2D eigenvalue weighted by Gasteiger charge is -2.43. The van der Waals surface area contributed by atoms with Crippen molar-refractivity contribution in [2.45, 2.75) is 162 Å². The van der Waals surface area contributed by atoms with E-state index in [0.717, 1.165) is 36.0 Å². The van der Waals surface area contributed by atoms with Crippen LogP contribution in [0.3, 0.4) is 0 Å². The van der Waals surface area contributed by atoms with Crippen LogP contribution >= 0.6 is 0 Å². The third-order valence-electron chi connectivity index (χ3n) is 15.9. The van der Waals surface area contributed by atoms with Gasteiger partial charge in [-0.3, -0.25) is 33.6 Å². The van der Waals surface area contributed by atoms with E-state index in [9.17, 15) is 28.8 Å². The van der Waals surface area contributed by atoms with E-state index in [2.05, 4.69) is 38.0 Å². The summed E-state index contributed by atoms with van der Waals surface area (Å²) in [4.78, 5) is 105. The van der Waals surface area contributed by atoms with Crippen molar-refractivity contribution in [1.82, 2.24) is 46.6 Å². The largest absolute Gasteiger partial charge is 0.347 e. The molecular weight excluding hydrogens is 990 g/mol. The molecule has 7 rings (SSSR count). The Labute approximate surface area is 459 Å². The lowest BCUT2D eigenvalue weighted by atomic mass is 9.84. The third kappa shape index (κ3) is 13.5. The first-order valence-corrected chi connectivity index (χ1v) is 27.4. The first-order valence-electron chi connectivity index (χ1n) is 27.4. The number of benzene rings is 4. The van der Waals surface area contributed by atoms with Gasteiger partial charge in [-0.25, -0.2) is 4.39 Å². The van der Waals surface area contributed by atoms with E-state index in [1.807, 2.05) is 84.0 Å². The summed E-state index contributed by atoms with van der Waals surface area (Å²) in [7, 11) is 3.32. The number of hydrogen-bond donors (Lipinski definition) is 6. The number of carbonyl (C=O) groups is 7. The Morgan fingerprint density at radius 2 is 1.22 bits per heavy atom. The van der Waals surface area contributed by atoms with E-state index in [1.54, 1.807) is 87.1 Å². The van der Waals surface area contributed by atoms with Gasteiger partial charge >= 0.3 is 0 Å². The number of nitrogens with one attached hydrogen (secondary N) is 6. The van der Waals surface area contributed by atoms with Crippen molar-refractivity contribution >= 4 is 41.4 Å². The van der Waals surface area contributed by atoms with E-state index in [1.165, 1.54) is 16.5 Å². The molecule has 6 N–H and O–H groups in total. The van der Waals surface area contributed by atoms with Gasteiger partial charge in [0.05, 0.1) is 24.2 Å². The molecule has 418 valence electrons. The van der Waals surface area contributed by atoms with Crippen molar-refractivity contribution in [2.75, 3.05) is 20.6 Å². The van der Waals surface area contributed by atoms with Gasteiger partial charge in [0, 0.05) is 43.2 Å². The molecule has 0 bridgehead atoms. The predicted octanol–water partition coefficient (Wildman–Crippen LogP) is 6.04. The van der Waals surface area contributed by atoms with E-state index in [4.69, 9.17) is 0 Å². The van der Waals surface area contributed by atoms with Crippen molar-refractivity contribution in [3.63, 3.8) is 0 Å². The quantitative estimate of drug-likeness (QED) is 0.0730. The van der Waals surface area contributed by atoms with Crippen LogP contribution in [0.4, 0.5) is 4.39 Å². The molecule has 9 atom stereocenters. The van der Waals surface area contributed by atoms with E-state index in [-0.39, 0.29) is 67.4 Å². The highest BCUT2D eigenvalue weighted by Gasteiger charge is 2.47. The fraction of sp³-hybridized carbons (Fsp3) is 0.492. The van der Waals surface area contributed by atoms with Gasteiger partial charge < -0.3 is 46.6 Å². The van der Waals surface area contributed by atoms with Crippen LogP contribution in [0.5, 0.6) is 0 Å². The number of rotatable bonds is 17. The molecule has 16 nitrogen and oxygen atoms in total. The summed E-state index contributed by atoms with van der Waals surface area (Å²) in [5.41, 5.74) is 3.68. The summed E-state index contributed by atoms with van der Waals surface area (Å²) in [5.74, 6) is -3.29. The average molecular weight is 1070 g/mol. The molecule has 3 aliphatic rings. The molecule has 4 aromatic rings. The summed E-state index contributed by atoms with van der Waals surface area (Å²) in [6, 6.07) is 21.8. The summed E-state index contributed by atoms with van der Waals surface area (Å²) < 4.78 is 15.7. The van der Waals surface area contributed by atoms with Gasteiger partial charge in [-0.15, -0.1) is 0 Å². The Balaban J connectivity index is 1.15. The maximum atomic E-state index is 15.7. The zero-order valence-corrected chi connectivity index (χ0v) is 47.2. The topological polar surface area (TPSA) is 201 Å². The van der Waals surface area contributed by atoms with Crippen LogP contribution in [0.1, 0.15) is 137 Å². The first kappa shape index (κ1) is 58.7. The normalized spacial score (nSPS) is 20.2. The Hall–Kier alpha value is -6.98. The number of nitrogens with zero attached hydrogens (tertiary/aromatic N) is 3. The highest BCUT2D eigenvalue weighted by Crippen LogP contribution is 2.35. The number of hydrogen-bond acceptors (Lipinski definition) is 9. The molecule has 1 fully saturated rings. The summed E-state index contributed by atoms with van der Waals surface area (Å²) in [6.07, 6.45) is 2.84. The molecule has 78 heavy (non-hydrogen) atoms. The number of fused-ring (bicyclic) bond motifs is 2. The number of halogens is 1. The molecule has 0 spiro atoms. The molecule has 7 amide bonds. The zero-order chi connectivity index (χ0) is 56.8. The van der Waals surface area contributed by atoms with Crippen molar-refractivity contribution in [1.29, 1.82) is 0 Å². The van der Waals surface area contributed by atoms with Crippen LogP contribution in [0, 0.1) is 16.6 Å². The molecule has 0 unspecified atom stereocenters. The molecule has 2 aliphatic heterocycles. The molecule has 4 aromatic carbocycles. The standard InChI is InChI=1S/C61H80FN9O7/c1-36(63-10)53(72)67-51(60(4,5)6)58(77)70-34-43-21-13-12-20-42(43)31-50(70)57(76)69(38(3)45-23-16-17-25-47(45)62)33-39-27-29-41(30-28-39)55(74)65-44-32-49(56(75)66-48-26-18-22-40-19-14-15-24-46(40)48)71(35-44)59(78)52(61(7,8)9)68-54(73)37(2)64-11/h12-17,19-21,23-25,27-30,36-38,44,48-52,63-64H,18,22,26,31-35H2,1-11H3,(H,65,74)(H,66,75)(H,67,72)(H,68,73)/t36-,37+,38+,44-,48+,49-,50-,51+,52+/m0/s1. The zero-order valence-electron chi connectivity index (χ0n) is 47.2. The van der Waals surface area contributed by atoms with Gasteiger partial charge in [-0.1, -0.05) is 120 Å². The van der Waals surface area contributed by atoms with Crippen LogP contribution in [0.15, 0.2) is 97.1 Å². The van der Waals surface area contributed by atoms with Crippen molar-refractivity contribution in [3.8, 4) is 0 Å². The van der Waals surface area contributed by atoms with E-state index < -0.39 is 88.6 Å². The van der Waals surface area contributed by atoms with Gasteiger partial charge in [-0.05, 0) is 117 Å². The summed E-state index contributed by atoms with van der Waals surface area (Å²) in [5, 5.41) is 18.0. The van der Waals surface area contributed by atoms with Crippen molar-refractivity contribution in [2.24, 2.45) is 10.8 Å². The Bertz CT molecular complexity index is 2850. The maximum Gasteiger partial charge on any atom is 0.251 e. The fourth-order valence-electron chi connectivity index (χ4n) is 10.8. The fourth-order valence-corrected chi connectivity index (χ4v) is 10.8. The van der Waals surface area contributed by atoms with Crippen LogP contribution in [-0.2, 0) is 54.7 Å². The Morgan fingerprint density at radius 1 is 0.667 bits per heavy atom. The smallest absolute Gasteiger partial charge is 0.251 e. The second-order valence-electron chi connectivity index (χ2n) is 23.5. The lowest BCUT2D eigenvalue weighted by molar-refractivity contribution is -0.152.